The van der Waals surface area contributed by atoms with Crippen molar-refractivity contribution in [2.45, 2.75) is 39.3 Å². The number of aliphatic hydroxyl groups is 1. The maximum Gasteiger partial charge on any atom is 0.328 e. The monoisotopic (exact) mass is 232 g/mol. The topological polar surface area (TPSA) is 98.7 Å². The zero-order chi connectivity index (χ0) is 12.7. The molecule has 94 valence electrons. The number of carboxylic acid groups (broad SMARTS) is 1. The molecule has 16 heavy (non-hydrogen) atoms. The summed E-state index contributed by atoms with van der Waals surface area (Å²) in [4.78, 5) is 21.9. The number of nitrogens with one attached hydrogen (secondary N) is 2. The fraction of sp³-hybridized carbons (Fsp3) is 0.800. The molecule has 0 rings (SSSR count). The minimum absolute atomic E-state index is 0.00635. The van der Waals surface area contributed by atoms with E-state index < -0.39 is 24.6 Å². The van der Waals surface area contributed by atoms with Crippen molar-refractivity contribution in [1.29, 1.82) is 0 Å². The van der Waals surface area contributed by atoms with Gasteiger partial charge in [0.15, 0.2) is 6.04 Å². The predicted octanol–water partition coefficient (Wildman–Crippen LogP) is 0.166. The van der Waals surface area contributed by atoms with E-state index >= 15 is 0 Å². The molecule has 6 nitrogen and oxygen atoms in total. The molecule has 0 aromatic carbocycles. The van der Waals surface area contributed by atoms with Gasteiger partial charge in [-0.2, -0.15) is 0 Å². The molecule has 0 fully saturated rings. The van der Waals surface area contributed by atoms with E-state index in [9.17, 15) is 9.59 Å². The summed E-state index contributed by atoms with van der Waals surface area (Å²) in [6.45, 7) is 5.25. The lowest BCUT2D eigenvalue weighted by molar-refractivity contribution is -0.140. The molecule has 0 aliphatic carbocycles. The maximum atomic E-state index is 11.4. The smallest absolute Gasteiger partial charge is 0.328 e. The minimum atomic E-state index is -1.26. The molecule has 1 unspecified atom stereocenters. The number of aliphatic carboxylic acids is 1. The van der Waals surface area contributed by atoms with Crippen molar-refractivity contribution in [2.24, 2.45) is 5.92 Å². The summed E-state index contributed by atoms with van der Waals surface area (Å²) >= 11 is 0. The number of amides is 2. The van der Waals surface area contributed by atoms with Crippen LogP contribution in [0.15, 0.2) is 0 Å². The van der Waals surface area contributed by atoms with Gasteiger partial charge < -0.3 is 20.8 Å². The Hall–Kier alpha value is -1.30. The molecule has 6 heteroatoms. The van der Waals surface area contributed by atoms with Crippen molar-refractivity contribution >= 4 is 12.0 Å². The first kappa shape index (κ1) is 14.7. The van der Waals surface area contributed by atoms with Crippen molar-refractivity contribution in [3.63, 3.8) is 0 Å². The normalized spacial score (nSPS) is 14.3. The highest BCUT2D eigenvalue weighted by atomic mass is 16.4. The van der Waals surface area contributed by atoms with Crippen LogP contribution in [0, 0.1) is 5.92 Å². The maximum absolute atomic E-state index is 11.4. The van der Waals surface area contributed by atoms with Gasteiger partial charge in [-0.15, -0.1) is 0 Å². The second-order valence-electron chi connectivity index (χ2n) is 3.95. The van der Waals surface area contributed by atoms with E-state index in [0.29, 0.717) is 0 Å². The molecule has 0 aromatic heterocycles. The van der Waals surface area contributed by atoms with Crippen molar-refractivity contribution in [3.8, 4) is 0 Å². The summed E-state index contributed by atoms with van der Waals surface area (Å²) < 4.78 is 0. The molecule has 0 aliphatic rings. The van der Waals surface area contributed by atoms with Gasteiger partial charge in [0.1, 0.15) is 0 Å². The SMILES string of the molecule is CCC(NC(=O)N[C@H](CO)C(=O)O)C(C)C. The van der Waals surface area contributed by atoms with Gasteiger partial charge in [-0.25, -0.2) is 9.59 Å². The lowest BCUT2D eigenvalue weighted by atomic mass is 10.0. The summed E-state index contributed by atoms with van der Waals surface area (Å²) in [7, 11) is 0. The second-order valence-corrected chi connectivity index (χ2v) is 3.95. The Morgan fingerprint density at radius 3 is 2.12 bits per heavy atom. The Bertz CT molecular complexity index is 243. The highest BCUT2D eigenvalue weighted by Crippen LogP contribution is 2.04. The Labute approximate surface area is 95.0 Å². The van der Waals surface area contributed by atoms with Gasteiger partial charge in [-0.1, -0.05) is 20.8 Å². The zero-order valence-electron chi connectivity index (χ0n) is 9.86. The van der Waals surface area contributed by atoms with Crippen molar-refractivity contribution in [1.82, 2.24) is 10.6 Å². The van der Waals surface area contributed by atoms with Gasteiger partial charge in [0.25, 0.3) is 0 Å². The molecule has 0 spiro atoms. The van der Waals surface area contributed by atoms with Crippen LogP contribution in [0.2, 0.25) is 0 Å². The molecule has 4 N–H and O–H groups in total. The Balaban J connectivity index is 4.20. The molecule has 0 bridgehead atoms. The first-order valence-corrected chi connectivity index (χ1v) is 5.33. The Kier molecular flexibility index (Phi) is 6.48. The van der Waals surface area contributed by atoms with E-state index in [1.165, 1.54) is 0 Å². The van der Waals surface area contributed by atoms with Gasteiger partial charge in [0.05, 0.1) is 6.61 Å². The van der Waals surface area contributed by atoms with Crippen LogP contribution in [0.1, 0.15) is 27.2 Å². The number of carbonyl (C=O) groups excluding carboxylic acids is 1. The van der Waals surface area contributed by atoms with Crippen molar-refractivity contribution in [2.75, 3.05) is 6.61 Å². The number of hydrogen-bond acceptors (Lipinski definition) is 3. The van der Waals surface area contributed by atoms with E-state index in [4.69, 9.17) is 10.2 Å². The van der Waals surface area contributed by atoms with E-state index in [-0.39, 0.29) is 12.0 Å². The summed E-state index contributed by atoms with van der Waals surface area (Å²) in [5.74, 6) is -0.983. The lowest BCUT2D eigenvalue weighted by Crippen LogP contribution is -2.51. The summed E-state index contributed by atoms with van der Waals surface area (Å²) in [6, 6.07) is -1.83. The standard InChI is InChI=1S/C10H20N2O4/c1-4-7(6(2)3)11-10(16)12-8(5-13)9(14)15/h6-8,13H,4-5H2,1-3H3,(H,14,15)(H2,11,12,16)/t7?,8-/m1/s1. The predicted molar refractivity (Wildman–Crippen MR) is 59.1 cm³/mol. The Morgan fingerprint density at radius 2 is 1.81 bits per heavy atom. The quantitative estimate of drug-likeness (QED) is 0.524. The molecular weight excluding hydrogens is 212 g/mol. The average Bonchev–Trinajstić information content (AvgIpc) is 2.21. The molecular formula is C10H20N2O4. The van der Waals surface area contributed by atoms with Gasteiger partial charge >= 0.3 is 12.0 Å². The van der Waals surface area contributed by atoms with Gasteiger partial charge in [0, 0.05) is 6.04 Å². The molecule has 2 atom stereocenters. The van der Waals surface area contributed by atoms with Crippen LogP contribution >= 0.6 is 0 Å². The second kappa shape index (κ2) is 7.05. The lowest BCUT2D eigenvalue weighted by Gasteiger charge is -2.22. The third-order valence-electron chi connectivity index (χ3n) is 2.35. The highest BCUT2D eigenvalue weighted by Gasteiger charge is 2.20. The number of carboxylic acids is 1. The van der Waals surface area contributed by atoms with Crippen molar-refractivity contribution in [3.05, 3.63) is 0 Å². The molecule has 2 amide bonds. The van der Waals surface area contributed by atoms with Crippen LogP contribution in [0.4, 0.5) is 4.79 Å². The molecule has 0 aliphatic heterocycles. The van der Waals surface area contributed by atoms with Crippen LogP contribution in [-0.2, 0) is 4.79 Å². The third kappa shape index (κ3) is 4.97. The van der Waals surface area contributed by atoms with Gasteiger partial charge in [-0.3, -0.25) is 0 Å². The fourth-order valence-electron chi connectivity index (χ4n) is 1.29. The molecule has 0 heterocycles. The number of rotatable bonds is 6. The van der Waals surface area contributed by atoms with Crippen molar-refractivity contribution < 1.29 is 19.8 Å². The largest absolute Gasteiger partial charge is 0.480 e. The first-order chi connectivity index (χ1) is 7.42. The first-order valence-electron chi connectivity index (χ1n) is 5.33. The number of carbonyl (C=O) groups is 2. The summed E-state index contributed by atoms with van der Waals surface area (Å²) in [5.41, 5.74) is 0. The van der Waals surface area contributed by atoms with E-state index in [2.05, 4.69) is 10.6 Å². The van der Waals surface area contributed by atoms with E-state index in [1.807, 2.05) is 20.8 Å². The van der Waals surface area contributed by atoms with Gasteiger partial charge in [-0.05, 0) is 12.3 Å². The van der Waals surface area contributed by atoms with Gasteiger partial charge in [0.2, 0.25) is 0 Å². The van der Waals surface area contributed by atoms with E-state index in [0.717, 1.165) is 6.42 Å². The number of urea groups is 1. The van der Waals surface area contributed by atoms with E-state index in [1.54, 1.807) is 0 Å². The van der Waals surface area contributed by atoms with Crippen LogP contribution in [0.3, 0.4) is 0 Å². The third-order valence-corrected chi connectivity index (χ3v) is 2.35. The number of hydrogen-bond donors (Lipinski definition) is 4. The van der Waals surface area contributed by atoms with Crippen LogP contribution < -0.4 is 10.6 Å². The Morgan fingerprint density at radius 1 is 1.25 bits per heavy atom. The van der Waals surface area contributed by atoms with Crippen LogP contribution in [-0.4, -0.2) is 40.9 Å². The fourth-order valence-corrected chi connectivity index (χ4v) is 1.29. The molecule has 0 radical (unpaired) electrons. The molecule has 0 aromatic rings. The number of aliphatic hydroxyl groups excluding tert-OH is 1. The molecule has 0 saturated carbocycles. The molecule has 0 saturated heterocycles. The minimum Gasteiger partial charge on any atom is -0.480 e. The summed E-state index contributed by atoms with van der Waals surface area (Å²) in [5, 5.41) is 22.2. The van der Waals surface area contributed by atoms with Crippen LogP contribution in [0.5, 0.6) is 0 Å². The van der Waals surface area contributed by atoms with Crippen LogP contribution in [0.25, 0.3) is 0 Å². The zero-order valence-corrected chi connectivity index (χ0v) is 9.86. The highest BCUT2D eigenvalue weighted by molar-refractivity contribution is 5.82. The summed E-state index contributed by atoms with van der Waals surface area (Å²) in [6.07, 6.45) is 0.766. The average molecular weight is 232 g/mol.